The normalized spacial score (nSPS) is 21.7. The molecule has 0 spiro atoms. The van der Waals surface area contributed by atoms with Crippen molar-refractivity contribution in [3.63, 3.8) is 0 Å². The molecule has 0 fully saturated rings. The van der Waals surface area contributed by atoms with Gasteiger partial charge in [-0.05, 0) is 58.4 Å². The van der Waals surface area contributed by atoms with E-state index in [1.54, 1.807) is 30.4 Å². The maximum Gasteiger partial charge on any atom is 0.336 e. The van der Waals surface area contributed by atoms with Gasteiger partial charge in [-0.15, -0.1) is 11.3 Å². The van der Waals surface area contributed by atoms with Crippen molar-refractivity contribution in [3.8, 4) is 0 Å². The van der Waals surface area contributed by atoms with Crippen LogP contribution in [-0.4, -0.2) is 18.9 Å². The first-order valence-electron chi connectivity index (χ1n) is 9.21. The lowest BCUT2D eigenvalue weighted by Crippen LogP contribution is -2.35. The van der Waals surface area contributed by atoms with Gasteiger partial charge in [0.2, 0.25) is 0 Å². The number of esters is 1. The summed E-state index contributed by atoms with van der Waals surface area (Å²) >= 11 is 4.86. The number of dihydropyridines is 1. The third kappa shape index (κ3) is 3.57. The Kier molecular flexibility index (Phi) is 5.44. The fourth-order valence-electron chi connectivity index (χ4n) is 4.17. The van der Waals surface area contributed by atoms with E-state index in [1.165, 1.54) is 18.1 Å². The minimum atomic E-state index is -0.590. The highest BCUT2D eigenvalue weighted by Gasteiger charge is 2.41. The molecule has 2 atom stereocenters. The maximum absolute atomic E-state index is 13.8. The summed E-state index contributed by atoms with van der Waals surface area (Å²) in [6.45, 7) is 1.81. The zero-order valence-electron chi connectivity index (χ0n) is 15.9. The minimum Gasteiger partial charge on any atom is -0.466 e. The van der Waals surface area contributed by atoms with E-state index in [2.05, 4.69) is 21.2 Å². The van der Waals surface area contributed by atoms with E-state index in [0.717, 1.165) is 5.70 Å². The number of hydrogen-bond donors (Lipinski definition) is 1. The number of hydrogen-bond acceptors (Lipinski definition) is 5. The van der Waals surface area contributed by atoms with Crippen LogP contribution in [0.2, 0.25) is 0 Å². The monoisotopic (exact) mass is 475 g/mol. The van der Waals surface area contributed by atoms with Crippen LogP contribution in [0.5, 0.6) is 0 Å². The average Bonchev–Trinajstić information content (AvgIpc) is 3.23. The van der Waals surface area contributed by atoms with Gasteiger partial charge in [-0.25, -0.2) is 9.18 Å². The molecule has 1 N–H and O–H groups in total. The van der Waals surface area contributed by atoms with Crippen LogP contribution in [0.15, 0.2) is 62.7 Å². The summed E-state index contributed by atoms with van der Waals surface area (Å²) < 4.78 is 19.1. The van der Waals surface area contributed by atoms with E-state index in [9.17, 15) is 14.0 Å². The van der Waals surface area contributed by atoms with Gasteiger partial charge < -0.3 is 10.1 Å². The molecule has 150 valence electrons. The second kappa shape index (κ2) is 7.88. The smallest absolute Gasteiger partial charge is 0.336 e. The fraction of sp³-hybridized carbons (Fsp3) is 0.273. The molecule has 2 heterocycles. The Morgan fingerprint density at radius 1 is 1.31 bits per heavy atom. The van der Waals surface area contributed by atoms with Gasteiger partial charge in [0.05, 0.1) is 17.2 Å². The van der Waals surface area contributed by atoms with Crippen molar-refractivity contribution in [1.82, 2.24) is 5.32 Å². The Hall–Kier alpha value is -2.25. The molecule has 0 bridgehead atoms. The number of benzene rings is 1. The van der Waals surface area contributed by atoms with Crippen LogP contribution in [-0.2, 0) is 14.3 Å². The van der Waals surface area contributed by atoms with Crippen molar-refractivity contribution in [1.29, 1.82) is 0 Å². The zero-order chi connectivity index (χ0) is 20.7. The number of Topliss-reactive ketones (excluding diaryl/α,β-unsaturated/α-hetero) is 1. The van der Waals surface area contributed by atoms with Crippen LogP contribution in [0.4, 0.5) is 4.39 Å². The molecule has 1 aromatic carbocycles. The van der Waals surface area contributed by atoms with Crippen molar-refractivity contribution in [2.24, 2.45) is 0 Å². The third-order valence-corrected chi connectivity index (χ3v) is 7.10. The summed E-state index contributed by atoms with van der Waals surface area (Å²) in [5.74, 6) is -1.38. The summed E-state index contributed by atoms with van der Waals surface area (Å²) in [5.41, 5.74) is 3.11. The molecule has 4 nitrogen and oxygen atoms in total. The minimum absolute atomic E-state index is 0.00324. The van der Waals surface area contributed by atoms with Crippen LogP contribution >= 0.6 is 27.3 Å². The molecule has 29 heavy (non-hydrogen) atoms. The average molecular weight is 476 g/mol. The standard InChI is InChI=1S/C22H19BrFNO3S/c1-11-19(22(27)28-2)20(12-5-6-15(24)14(23)8-12)21-16(25-11)9-13(10-17(21)26)18-4-3-7-29-18/h3-8,13,20,25H,9-10H2,1-2H3/t13-,20-/m0/s1. The molecule has 0 radical (unpaired) electrons. The number of ketones is 1. The van der Waals surface area contributed by atoms with Gasteiger partial charge in [0, 0.05) is 40.1 Å². The number of nitrogens with one attached hydrogen (secondary N) is 1. The van der Waals surface area contributed by atoms with Crippen LogP contribution < -0.4 is 5.32 Å². The molecule has 0 saturated heterocycles. The number of allylic oxidation sites excluding steroid dienone is 3. The van der Waals surface area contributed by atoms with Gasteiger partial charge in [0.15, 0.2) is 5.78 Å². The Labute approximate surface area is 180 Å². The fourth-order valence-corrected chi connectivity index (χ4v) is 5.40. The SMILES string of the molecule is COC(=O)C1=C(C)NC2=C(C(=O)C[C@@H](c3cccs3)C2)[C@H]1c1ccc(F)c(Br)c1. The molecule has 1 aliphatic carbocycles. The lowest BCUT2D eigenvalue weighted by molar-refractivity contribution is -0.136. The summed E-state index contributed by atoms with van der Waals surface area (Å²) in [6, 6.07) is 8.63. The summed E-state index contributed by atoms with van der Waals surface area (Å²) in [6.07, 6.45) is 1.07. The predicted molar refractivity (Wildman–Crippen MR) is 113 cm³/mol. The van der Waals surface area contributed by atoms with Gasteiger partial charge in [0.1, 0.15) is 5.82 Å². The molecule has 0 saturated carbocycles. The quantitative estimate of drug-likeness (QED) is 0.620. The number of halogens is 2. The molecular weight excluding hydrogens is 457 g/mol. The number of methoxy groups -OCH3 is 1. The lowest BCUT2D eigenvalue weighted by atomic mass is 9.72. The third-order valence-electron chi connectivity index (χ3n) is 5.46. The first-order chi connectivity index (χ1) is 13.9. The molecule has 4 rings (SSSR count). The number of rotatable bonds is 3. The molecular formula is C22H19BrFNO3S. The van der Waals surface area contributed by atoms with Crippen molar-refractivity contribution < 1.29 is 18.7 Å². The Bertz CT molecular complexity index is 1060. The lowest BCUT2D eigenvalue weighted by Gasteiger charge is -2.36. The molecule has 7 heteroatoms. The van der Waals surface area contributed by atoms with E-state index in [1.807, 2.05) is 17.5 Å². The topological polar surface area (TPSA) is 55.4 Å². The highest BCUT2D eigenvalue weighted by Crippen LogP contribution is 2.46. The molecule has 0 amide bonds. The summed E-state index contributed by atoms with van der Waals surface area (Å²) in [7, 11) is 1.32. The largest absolute Gasteiger partial charge is 0.466 e. The second-order valence-electron chi connectivity index (χ2n) is 7.20. The van der Waals surface area contributed by atoms with Crippen molar-refractivity contribution in [3.05, 3.63) is 79.0 Å². The van der Waals surface area contributed by atoms with Crippen LogP contribution in [0.3, 0.4) is 0 Å². The second-order valence-corrected chi connectivity index (χ2v) is 9.03. The molecule has 2 aromatic rings. The van der Waals surface area contributed by atoms with Crippen molar-refractivity contribution in [2.45, 2.75) is 31.6 Å². The highest BCUT2D eigenvalue weighted by atomic mass is 79.9. The van der Waals surface area contributed by atoms with Gasteiger partial charge in [-0.3, -0.25) is 4.79 Å². The number of thiophene rings is 1. The van der Waals surface area contributed by atoms with E-state index in [0.29, 0.717) is 35.2 Å². The first-order valence-corrected chi connectivity index (χ1v) is 10.9. The number of carbonyl (C=O) groups is 2. The Balaban J connectivity index is 1.84. The van der Waals surface area contributed by atoms with Gasteiger partial charge in [-0.2, -0.15) is 0 Å². The first kappa shape index (κ1) is 20.0. The molecule has 2 aliphatic rings. The Morgan fingerprint density at radius 3 is 2.76 bits per heavy atom. The van der Waals surface area contributed by atoms with E-state index in [4.69, 9.17) is 4.74 Å². The highest BCUT2D eigenvalue weighted by molar-refractivity contribution is 9.10. The number of ether oxygens (including phenoxy) is 1. The van der Waals surface area contributed by atoms with Gasteiger partial charge in [-0.1, -0.05) is 12.1 Å². The van der Waals surface area contributed by atoms with Crippen LogP contribution in [0.25, 0.3) is 0 Å². The zero-order valence-corrected chi connectivity index (χ0v) is 18.3. The Morgan fingerprint density at radius 2 is 2.10 bits per heavy atom. The number of carbonyl (C=O) groups excluding carboxylic acids is 2. The molecule has 0 unspecified atom stereocenters. The maximum atomic E-state index is 13.8. The van der Waals surface area contributed by atoms with E-state index in [-0.39, 0.29) is 16.2 Å². The van der Waals surface area contributed by atoms with Crippen LogP contribution in [0.1, 0.15) is 42.0 Å². The summed E-state index contributed by atoms with van der Waals surface area (Å²) in [5, 5.41) is 5.30. The van der Waals surface area contributed by atoms with Gasteiger partial charge in [0.25, 0.3) is 0 Å². The van der Waals surface area contributed by atoms with Crippen molar-refractivity contribution >= 4 is 39.0 Å². The van der Waals surface area contributed by atoms with Crippen molar-refractivity contribution in [2.75, 3.05) is 7.11 Å². The summed E-state index contributed by atoms with van der Waals surface area (Å²) in [4.78, 5) is 27.1. The van der Waals surface area contributed by atoms with E-state index < -0.39 is 17.7 Å². The van der Waals surface area contributed by atoms with Crippen LogP contribution in [0, 0.1) is 5.82 Å². The molecule has 1 aliphatic heterocycles. The van der Waals surface area contributed by atoms with Gasteiger partial charge >= 0.3 is 5.97 Å². The molecule has 1 aromatic heterocycles. The predicted octanol–water partition coefficient (Wildman–Crippen LogP) is 5.18. The van der Waals surface area contributed by atoms with E-state index >= 15 is 0 Å².